The molecule has 0 aromatic heterocycles. The Kier molecular flexibility index (Phi) is 7.47. The van der Waals surface area contributed by atoms with E-state index in [0.717, 1.165) is 58.2 Å². The number of rotatable bonds is 7. The molecule has 1 aliphatic carbocycles. The molecule has 0 bridgehead atoms. The van der Waals surface area contributed by atoms with Gasteiger partial charge < -0.3 is 20.5 Å². The van der Waals surface area contributed by atoms with Crippen LogP contribution in [0.4, 0.5) is 0 Å². The van der Waals surface area contributed by atoms with Crippen molar-refractivity contribution in [1.29, 1.82) is 0 Å². The molecule has 1 atom stereocenters. The number of carbonyl (C=O) groups is 1. The van der Waals surface area contributed by atoms with E-state index in [9.17, 15) is 4.79 Å². The van der Waals surface area contributed by atoms with Gasteiger partial charge in [-0.1, -0.05) is 0 Å². The lowest BCUT2D eigenvalue weighted by molar-refractivity contribution is -0.124. The first-order valence-corrected chi connectivity index (χ1v) is 8.49. The molecule has 2 fully saturated rings. The highest BCUT2D eigenvalue weighted by Crippen LogP contribution is 2.19. The molecule has 122 valence electrons. The fourth-order valence-corrected chi connectivity index (χ4v) is 3.05. The molecule has 1 aliphatic heterocycles. The molecule has 21 heavy (non-hydrogen) atoms. The predicted molar refractivity (Wildman–Crippen MR) is 82.0 cm³/mol. The van der Waals surface area contributed by atoms with Crippen LogP contribution in [0.2, 0.25) is 0 Å². The summed E-state index contributed by atoms with van der Waals surface area (Å²) < 4.78 is 11.4. The number of carbonyl (C=O) groups excluding carboxylic acids is 1. The van der Waals surface area contributed by atoms with E-state index in [2.05, 4.69) is 5.32 Å². The molecule has 0 aromatic carbocycles. The summed E-state index contributed by atoms with van der Waals surface area (Å²) in [5.41, 5.74) is 5.87. The average Bonchev–Trinajstić information content (AvgIpc) is 2.50. The number of hydrogen-bond acceptors (Lipinski definition) is 4. The minimum Gasteiger partial charge on any atom is -0.378 e. The highest BCUT2D eigenvalue weighted by atomic mass is 16.5. The second kappa shape index (κ2) is 9.38. The van der Waals surface area contributed by atoms with Crippen molar-refractivity contribution in [3.8, 4) is 0 Å². The maximum absolute atomic E-state index is 11.8. The van der Waals surface area contributed by atoms with Crippen molar-refractivity contribution in [3.63, 3.8) is 0 Å². The third-order valence-corrected chi connectivity index (χ3v) is 4.40. The van der Waals surface area contributed by atoms with Gasteiger partial charge in [-0.05, 0) is 51.4 Å². The van der Waals surface area contributed by atoms with Gasteiger partial charge in [0.05, 0.1) is 18.6 Å². The first-order valence-electron chi connectivity index (χ1n) is 8.49. The molecule has 1 heterocycles. The van der Waals surface area contributed by atoms with Crippen molar-refractivity contribution in [1.82, 2.24) is 5.32 Å². The van der Waals surface area contributed by atoms with Crippen LogP contribution in [-0.4, -0.2) is 43.9 Å². The van der Waals surface area contributed by atoms with Gasteiger partial charge in [0.2, 0.25) is 5.91 Å². The minimum absolute atomic E-state index is 0.102. The van der Waals surface area contributed by atoms with Gasteiger partial charge in [0, 0.05) is 25.8 Å². The molecule has 0 aromatic rings. The van der Waals surface area contributed by atoms with E-state index in [0.29, 0.717) is 25.1 Å². The van der Waals surface area contributed by atoms with E-state index < -0.39 is 0 Å². The average molecular weight is 298 g/mol. The highest BCUT2D eigenvalue weighted by molar-refractivity contribution is 5.76. The molecule has 0 spiro atoms. The van der Waals surface area contributed by atoms with Gasteiger partial charge in [0.15, 0.2) is 0 Å². The third-order valence-electron chi connectivity index (χ3n) is 4.40. The number of amides is 1. The summed E-state index contributed by atoms with van der Waals surface area (Å²) in [5, 5.41) is 2.96. The molecule has 1 saturated carbocycles. The maximum atomic E-state index is 11.8. The topological polar surface area (TPSA) is 73.6 Å². The fourth-order valence-electron chi connectivity index (χ4n) is 3.05. The van der Waals surface area contributed by atoms with Crippen LogP contribution in [0.15, 0.2) is 0 Å². The summed E-state index contributed by atoms with van der Waals surface area (Å²) in [5.74, 6) is 0.102. The minimum atomic E-state index is 0.102. The fraction of sp³-hybridized carbons (Fsp3) is 0.938. The van der Waals surface area contributed by atoms with Crippen LogP contribution < -0.4 is 11.1 Å². The summed E-state index contributed by atoms with van der Waals surface area (Å²) in [6.45, 7) is 2.22. The van der Waals surface area contributed by atoms with Gasteiger partial charge in [-0.15, -0.1) is 0 Å². The van der Waals surface area contributed by atoms with E-state index in [-0.39, 0.29) is 12.0 Å². The molecule has 1 saturated heterocycles. The van der Waals surface area contributed by atoms with E-state index in [1.165, 1.54) is 6.42 Å². The van der Waals surface area contributed by atoms with Crippen LogP contribution in [0, 0.1) is 0 Å². The zero-order chi connectivity index (χ0) is 14.9. The van der Waals surface area contributed by atoms with E-state index in [1.54, 1.807) is 0 Å². The summed E-state index contributed by atoms with van der Waals surface area (Å²) in [4.78, 5) is 11.8. The zero-order valence-electron chi connectivity index (χ0n) is 13.0. The van der Waals surface area contributed by atoms with Crippen LogP contribution in [0.3, 0.4) is 0 Å². The Labute approximate surface area is 127 Å². The van der Waals surface area contributed by atoms with Crippen molar-refractivity contribution >= 4 is 5.91 Å². The van der Waals surface area contributed by atoms with Gasteiger partial charge in [0.1, 0.15) is 0 Å². The quantitative estimate of drug-likeness (QED) is 0.702. The standard InChI is InChI=1S/C16H30N2O3/c17-13-5-7-14(8-6-13)20-11-3-9-18-16(19)12-15-4-1-2-10-21-15/h13-15H,1-12,17H2,(H,18,19). The smallest absolute Gasteiger partial charge is 0.222 e. The Bertz CT molecular complexity index is 298. The maximum Gasteiger partial charge on any atom is 0.222 e. The Morgan fingerprint density at radius 1 is 1.19 bits per heavy atom. The lowest BCUT2D eigenvalue weighted by Crippen LogP contribution is -2.32. The molecule has 5 heteroatoms. The van der Waals surface area contributed by atoms with Crippen molar-refractivity contribution < 1.29 is 14.3 Å². The van der Waals surface area contributed by atoms with Crippen molar-refractivity contribution in [2.24, 2.45) is 5.73 Å². The SMILES string of the molecule is NC1CCC(OCCCNC(=O)CC2CCCCO2)CC1. The highest BCUT2D eigenvalue weighted by Gasteiger charge is 2.19. The van der Waals surface area contributed by atoms with E-state index >= 15 is 0 Å². The number of nitrogens with two attached hydrogens (primary N) is 1. The van der Waals surface area contributed by atoms with Crippen LogP contribution in [-0.2, 0) is 14.3 Å². The molecule has 1 unspecified atom stereocenters. The largest absolute Gasteiger partial charge is 0.378 e. The number of hydrogen-bond donors (Lipinski definition) is 2. The van der Waals surface area contributed by atoms with Crippen molar-refractivity contribution in [3.05, 3.63) is 0 Å². The first kappa shape index (κ1) is 16.7. The molecule has 5 nitrogen and oxygen atoms in total. The monoisotopic (exact) mass is 298 g/mol. The van der Waals surface area contributed by atoms with Crippen LogP contribution in [0.25, 0.3) is 0 Å². The summed E-state index contributed by atoms with van der Waals surface area (Å²) in [7, 11) is 0. The summed E-state index contributed by atoms with van der Waals surface area (Å²) >= 11 is 0. The molecular weight excluding hydrogens is 268 g/mol. The van der Waals surface area contributed by atoms with Gasteiger partial charge in [0.25, 0.3) is 0 Å². The van der Waals surface area contributed by atoms with Crippen LogP contribution in [0.5, 0.6) is 0 Å². The normalized spacial score (nSPS) is 30.0. The molecule has 2 aliphatic rings. The van der Waals surface area contributed by atoms with Gasteiger partial charge in [-0.2, -0.15) is 0 Å². The molecule has 0 radical (unpaired) electrons. The Morgan fingerprint density at radius 3 is 2.71 bits per heavy atom. The lowest BCUT2D eigenvalue weighted by atomic mass is 9.94. The summed E-state index contributed by atoms with van der Waals surface area (Å²) in [6.07, 6.45) is 9.49. The Balaban J connectivity index is 1.44. The predicted octanol–water partition coefficient (Wildman–Crippen LogP) is 1.74. The second-order valence-corrected chi connectivity index (χ2v) is 6.30. The first-order chi connectivity index (χ1) is 10.2. The second-order valence-electron chi connectivity index (χ2n) is 6.30. The van der Waals surface area contributed by atoms with Gasteiger partial charge >= 0.3 is 0 Å². The number of nitrogens with one attached hydrogen (secondary N) is 1. The van der Waals surface area contributed by atoms with E-state index in [4.69, 9.17) is 15.2 Å². The third kappa shape index (κ3) is 6.76. The summed E-state index contributed by atoms with van der Waals surface area (Å²) in [6, 6.07) is 0.367. The van der Waals surface area contributed by atoms with Crippen LogP contribution in [0.1, 0.15) is 57.8 Å². The number of ether oxygens (including phenoxy) is 2. The Morgan fingerprint density at radius 2 is 2.00 bits per heavy atom. The zero-order valence-corrected chi connectivity index (χ0v) is 13.0. The molecule has 3 N–H and O–H groups in total. The molecular formula is C16H30N2O3. The lowest BCUT2D eigenvalue weighted by Gasteiger charge is -2.26. The van der Waals surface area contributed by atoms with Crippen molar-refractivity contribution in [2.45, 2.75) is 76.0 Å². The molecule has 1 amide bonds. The van der Waals surface area contributed by atoms with Gasteiger partial charge in [-0.25, -0.2) is 0 Å². The van der Waals surface area contributed by atoms with E-state index in [1.807, 2.05) is 0 Å². The molecule has 2 rings (SSSR count). The Hall–Kier alpha value is -0.650. The van der Waals surface area contributed by atoms with Crippen LogP contribution >= 0.6 is 0 Å². The van der Waals surface area contributed by atoms with Crippen molar-refractivity contribution in [2.75, 3.05) is 19.8 Å². The van der Waals surface area contributed by atoms with Gasteiger partial charge in [-0.3, -0.25) is 4.79 Å².